The number of ether oxygens (including phenoxy) is 1. The third-order valence-electron chi connectivity index (χ3n) is 2.62. The van der Waals surface area contributed by atoms with Gasteiger partial charge in [0.15, 0.2) is 0 Å². The van der Waals surface area contributed by atoms with Gasteiger partial charge in [-0.15, -0.1) is 0 Å². The molecule has 0 saturated carbocycles. The number of rotatable bonds is 3. The molecule has 0 fully saturated rings. The summed E-state index contributed by atoms with van der Waals surface area (Å²) in [4.78, 5) is 14.7. The first-order chi connectivity index (χ1) is 8.13. The molecular weight excluding hydrogens is 214 g/mol. The van der Waals surface area contributed by atoms with Crippen molar-refractivity contribution in [2.75, 3.05) is 6.61 Å². The van der Waals surface area contributed by atoms with E-state index in [9.17, 15) is 4.79 Å². The Labute approximate surface area is 100 Å². The van der Waals surface area contributed by atoms with E-state index >= 15 is 0 Å². The number of carbonyl (C=O) groups excluding carboxylic acids is 1. The minimum Gasteiger partial charge on any atom is -0.461 e. The second-order valence-electron chi connectivity index (χ2n) is 3.95. The first-order valence-electron chi connectivity index (χ1n) is 5.58. The number of aromatic nitrogens is 1. The minimum atomic E-state index is -0.323. The van der Waals surface area contributed by atoms with Crippen LogP contribution in [0.2, 0.25) is 0 Å². The van der Waals surface area contributed by atoms with Crippen LogP contribution in [-0.2, 0) is 4.74 Å². The molecule has 0 saturated heterocycles. The van der Waals surface area contributed by atoms with Gasteiger partial charge in [-0.1, -0.05) is 24.3 Å². The SMILES string of the molecule is C=C(C)c1cccc2[nH]c(C(=O)OCC)cc12. The summed E-state index contributed by atoms with van der Waals surface area (Å²) in [6.45, 7) is 8.05. The molecule has 0 spiro atoms. The van der Waals surface area contributed by atoms with Gasteiger partial charge in [0.2, 0.25) is 0 Å². The summed E-state index contributed by atoms with van der Waals surface area (Å²) < 4.78 is 4.97. The predicted molar refractivity (Wildman–Crippen MR) is 69.0 cm³/mol. The quantitative estimate of drug-likeness (QED) is 0.820. The van der Waals surface area contributed by atoms with Gasteiger partial charge in [-0.3, -0.25) is 0 Å². The Morgan fingerprint density at radius 1 is 1.47 bits per heavy atom. The highest BCUT2D eigenvalue weighted by molar-refractivity contribution is 5.99. The van der Waals surface area contributed by atoms with Crippen LogP contribution in [0.5, 0.6) is 0 Å². The van der Waals surface area contributed by atoms with E-state index in [1.165, 1.54) is 0 Å². The molecule has 0 bridgehead atoms. The van der Waals surface area contributed by atoms with Crippen molar-refractivity contribution in [2.24, 2.45) is 0 Å². The van der Waals surface area contributed by atoms with Crippen LogP contribution in [0.15, 0.2) is 30.8 Å². The van der Waals surface area contributed by atoms with Crippen LogP contribution in [-0.4, -0.2) is 17.6 Å². The Balaban J connectivity index is 2.54. The zero-order valence-corrected chi connectivity index (χ0v) is 10.0. The Kier molecular flexibility index (Phi) is 3.00. The Hall–Kier alpha value is -2.03. The molecule has 3 nitrogen and oxygen atoms in total. The first-order valence-corrected chi connectivity index (χ1v) is 5.58. The minimum absolute atomic E-state index is 0.323. The fraction of sp³-hybridized carbons (Fsp3) is 0.214. The summed E-state index contributed by atoms with van der Waals surface area (Å²) in [6, 6.07) is 7.69. The van der Waals surface area contributed by atoms with Gasteiger partial charge in [0.1, 0.15) is 5.69 Å². The smallest absolute Gasteiger partial charge is 0.354 e. The zero-order valence-electron chi connectivity index (χ0n) is 10.0. The zero-order chi connectivity index (χ0) is 12.4. The number of allylic oxidation sites excluding steroid dienone is 1. The molecule has 17 heavy (non-hydrogen) atoms. The van der Waals surface area contributed by atoms with Gasteiger partial charge in [-0.05, 0) is 31.5 Å². The molecule has 0 atom stereocenters. The molecule has 88 valence electrons. The summed E-state index contributed by atoms with van der Waals surface area (Å²) in [7, 11) is 0. The lowest BCUT2D eigenvalue weighted by molar-refractivity contribution is 0.0520. The third-order valence-corrected chi connectivity index (χ3v) is 2.62. The molecule has 0 amide bonds. The number of nitrogens with one attached hydrogen (secondary N) is 1. The fourth-order valence-electron chi connectivity index (χ4n) is 1.85. The van der Waals surface area contributed by atoms with Gasteiger partial charge in [-0.25, -0.2) is 4.79 Å². The van der Waals surface area contributed by atoms with Gasteiger partial charge in [0, 0.05) is 10.9 Å². The van der Waals surface area contributed by atoms with Gasteiger partial charge >= 0.3 is 5.97 Å². The van der Waals surface area contributed by atoms with Crippen LogP contribution in [0, 0.1) is 0 Å². The monoisotopic (exact) mass is 229 g/mol. The normalized spacial score (nSPS) is 10.5. The van der Waals surface area contributed by atoms with Gasteiger partial charge < -0.3 is 9.72 Å². The van der Waals surface area contributed by atoms with E-state index in [0.29, 0.717) is 12.3 Å². The topological polar surface area (TPSA) is 42.1 Å². The lowest BCUT2D eigenvalue weighted by Crippen LogP contribution is -2.04. The van der Waals surface area contributed by atoms with Crippen LogP contribution in [0.1, 0.15) is 29.9 Å². The van der Waals surface area contributed by atoms with Crippen molar-refractivity contribution >= 4 is 22.4 Å². The highest BCUT2D eigenvalue weighted by atomic mass is 16.5. The van der Waals surface area contributed by atoms with Gasteiger partial charge in [0.25, 0.3) is 0 Å². The van der Waals surface area contributed by atoms with Gasteiger partial charge in [0.05, 0.1) is 6.61 Å². The van der Waals surface area contributed by atoms with E-state index in [2.05, 4.69) is 11.6 Å². The summed E-state index contributed by atoms with van der Waals surface area (Å²) in [5.41, 5.74) is 3.43. The predicted octanol–water partition coefficient (Wildman–Crippen LogP) is 3.38. The number of H-pyrrole nitrogens is 1. The number of aromatic amines is 1. The highest BCUT2D eigenvalue weighted by Crippen LogP contribution is 2.25. The third kappa shape index (κ3) is 2.09. The molecule has 2 rings (SSSR count). The van der Waals surface area contributed by atoms with Gasteiger partial charge in [-0.2, -0.15) is 0 Å². The van der Waals surface area contributed by atoms with Crippen molar-refractivity contribution < 1.29 is 9.53 Å². The number of carbonyl (C=O) groups is 1. The number of benzene rings is 1. The lowest BCUT2D eigenvalue weighted by Gasteiger charge is -2.00. The van der Waals surface area contributed by atoms with E-state index in [-0.39, 0.29) is 5.97 Å². The van der Waals surface area contributed by atoms with Crippen LogP contribution in [0.3, 0.4) is 0 Å². The van der Waals surface area contributed by atoms with Crippen LogP contribution in [0.25, 0.3) is 16.5 Å². The number of hydrogen-bond donors (Lipinski definition) is 1. The lowest BCUT2D eigenvalue weighted by atomic mass is 10.0. The van der Waals surface area contributed by atoms with Crippen molar-refractivity contribution in [3.63, 3.8) is 0 Å². The number of esters is 1. The molecular formula is C14H15NO2. The Morgan fingerprint density at radius 2 is 2.24 bits per heavy atom. The van der Waals surface area contributed by atoms with E-state index in [0.717, 1.165) is 22.0 Å². The van der Waals surface area contributed by atoms with Crippen molar-refractivity contribution in [3.8, 4) is 0 Å². The standard InChI is InChI=1S/C14H15NO2/c1-4-17-14(16)13-8-11-10(9(2)3)6-5-7-12(11)15-13/h5-8,15H,2,4H2,1,3H3. The second-order valence-corrected chi connectivity index (χ2v) is 3.95. The van der Waals surface area contributed by atoms with Crippen LogP contribution < -0.4 is 0 Å². The maximum Gasteiger partial charge on any atom is 0.354 e. The van der Waals surface area contributed by atoms with Crippen molar-refractivity contribution in [2.45, 2.75) is 13.8 Å². The largest absolute Gasteiger partial charge is 0.461 e. The molecule has 1 aromatic carbocycles. The molecule has 3 heteroatoms. The average Bonchev–Trinajstić information content (AvgIpc) is 2.72. The molecule has 1 heterocycles. The fourth-order valence-corrected chi connectivity index (χ4v) is 1.85. The maximum atomic E-state index is 11.6. The molecule has 0 aliphatic carbocycles. The highest BCUT2D eigenvalue weighted by Gasteiger charge is 2.12. The van der Waals surface area contributed by atoms with E-state index in [4.69, 9.17) is 4.74 Å². The Bertz CT molecular complexity index is 581. The molecule has 0 unspecified atom stereocenters. The molecule has 0 aliphatic heterocycles. The average molecular weight is 229 g/mol. The number of hydrogen-bond acceptors (Lipinski definition) is 2. The summed E-state index contributed by atoms with van der Waals surface area (Å²) in [6.07, 6.45) is 0. The first kappa shape index (κ1) is 11.5. The van der Waals surface area contributed by atoms with Crippen LogP contribution in [0.4, 0.5) is 0 Å². The molecule has 0 radical (unpaired) electrons. The molecule has 0 aliphatic rings. The van der Waals surface area contributed by atoms with Crippen molar-refractivity contribution in [1.29, 1.82) is 0 Å². The second kappa shape index (κ2) is 4.45. The summed E-state index contributed by atoms with van der Waals surface area (Å²) in [5, 5.41) is 1.00. The van der Waals surface area contributed by atoms with Crippen molar-refractivity contribution in [1.82, 2.24) is 4.98 Å². The van der Waals surface area contributed by atoms with Crippen molar-refractivity contribution in [3.05, 3.63) is 42.1 Å². The number of fused-ring (bicyclic) bond motifs is 1. The summed E-state index contributed by atoms with van der Waals surface area (Å²) >= 11 is 0. The van der Waals surface area contributed by atoms with Crippen LogP contribution >= 0.6 is 0 Å². The van der Waals surface area contributed by atoms with E-state index < -0.39 is 0 Å². The maximum absolute atomic E-state index is 11.6. The molecule has 2 aromatic rings. The van der Waals surface area contributed by atoms with E-state index in [1.807, 2.05) is 31.2 Å². The summed E-state index contributed by atoms with van der Waals surface area (Å²) in [5.74, 6) is -0.323. The van der Waals surface area contributed by atoms with E-state index in [1.54, 1.807) is 6.92 Å². The molecule has 1 N–H and O–H groups in total. The molecule has 1 aromatic heterocycles. The Morgan fingerprint density at radius 3 is 2.88 bits per heavy atom.